The molecule has 0 saturated carbocycles. The molecule has 1 heterocycles. The molecular weight excluding hydrogens is 252 g/mol. The van der Waals surface area contributed by atoms with Gasteiger partial charge in [-0.2, -0.15) is 0 Å². The fourth-order valence-corrected chi connectivity index (χ4v) is 12.1. The highest BCUT2D eigenvalue weighted by Crippen LogP contribution is 2.27. The van der Waals surface area contributed by atoms with Crippen LogP contribution in [0.1, 0.15) is 0 Å². The van der Waals surface area contributed by atoms with Gasteiger partial charge < -0.3 is 12.3 Å². The van der Waals surface area contributed by atoms with Gasteiger partial charge in [-0.1, -0.05) is 5.70 Å². The first-order chi connectivity index (χ1) is 7.59. The maximum atomic E-state index is 5.94. The smallest absolute Gasteiger partial charge is 0.373 e. The van der Waals surface area contributed by atoms with E-state index < -0.39 is 26.4 Å². The van der Waals surface area contributed by atoms with Crippen LogP contribution >= 0.6 is 0 Å². The highest BCUT2D eigenvalue weighted by atomic mass is 28.5. The number of hydrogen-bond acceptors (Lipinski definition) is 3. The largest absolute Gasteiger partial charge is 0.409 e. The molecule has 3 nitrogen and oxygen atoms in total. The number of hydrogen-bond donors (Lipinski definition) is 0. The summed E-state index contributed by atoms with van der Waals surface area (Å²) in [7, 11) is -7.11. The maximum Gasteiger partial charge on any atom is 0.373 e. The lowest BCUT2D eigenvalue weighted by molar-refractivity contribution is 0.276. The van der Waals surface area contributed by atoms with Crippen LogP contribution in [0.5, 0.6) is 0 Å². The SMILES string of the molecule is C=C[SiH]1O[Si](C=C)(C=C)O[Si](C=C)(C=C)O1. The van der Waals surface area contributed by atoms with Crippen molar-refractivity contribution in [1.82, 2.24) is 0 Å². The summed E-state index contributed by atoms with van der Waals surface area (Å²) < 4.78 is 17.5. The van der Waals surface area contributed by atoms with Crippen molar-refractivity contribution in [2.75, 3.05) is 0 Å². The maximum absolute atomic E-state index is 5.94. The summed E-state index contributed by atoms with van der Waals surface area (Å²) in [5, 5.41) is 0. The first kappa shape index (κ1) is 13.3. The molecule has 0 radical (unpaired) electrons. The van der Waals surface area contributed by atoms with Crippen molar-refractivity contribution >= 4 is 26.4 Å². The van der Waals surface area contributed by atoms with E-state index in [4.69, 9.17) is 12.3 Å². The van der Waals surface area contributed by atoms with Crippen molar-refractivity contribution in [2.45, 2.75) is 0 Å². The lowest BCUT2D eigenvalue weighted by Crippen LogP contribution is -2.62. The van der Waals surface area contributed by atoms with Crippen LogP contribution in [0.4, 0.5) is 0 Å². The molecule has 1 saturated heterocycles. The Kier molecular flexibility index (Phi) is 4.19. The van der Waals surface area contributed by atoms with Gasteiger partial charge in [0.05, 0.1) is 0 Å². The highest BCUT2D eigenvalue weighted by Gasteiger charge is 2.50. The minimum atomic E-state index is -2.58. The molecule has 1 fully saturated rings. The summed E-state index contributed by atoms with van der Waals surface area (Å²) >= 11 is 0. The van der Waals surface area contributed by atoms with E-state index in [9.17, 15) is 0 Å². The Labute approximate surface area is 100 Å². The molecule has 1 rings (SSSR count). The molecule has 0 unspecified atom stereocenters. The molecule has 16 heavy (non-hydrogen) atoms. The second-order valence-corrected chi connectivity index (χ2v) is 11.6. The molecule has 0 aliphatic carbocycles. The van der Waals surface area contributed by atoms with Crippen molar-refractivity contribution in [1.29, 1.82) is 0 Å². The van der Waals surface area contributed by atoms with Gasteiger partial charge in [0.15, 0.2) is 0 Å². The third-order valence-electron chi connectivity index (χ3n) is 2.25. The van der Waals surface area contributed by atoms with Crippen molar-refractivity contribution in [3.63, 3.8) is 0 Å². The molecular formula is C10H16O3Si3. The van der Waals surface area contributed by atoms with Crippen LogP contribution in [-0.2, 0) is 12.3 Å². The third kappa shape index (κ3) is 2.32. The van der Waals surface area contributed by atoms with Gasteiger partial charge in [-0.05, 0) is 22.8 Å². The fraction of sp³-hybridized carbons (Fsp3) is 0. The van der Waals surface area contributed by atoms with Crippen molar-refractivity contribution in [3.05, 3.63) is 61.4 Å². The summed E-state index contributed by atoms with van der Waals surface area (Å²) in [6.45, 7) is 18.7. The Morgan fingerprint density at radius 3 is 1.38 bits per heavy atom. The number of rotatable bonds is 5. The molecule has 0 spiro atoms. The Morgan fingerprint density at radius 1 is 0.750 bits per heavy atom. The molecule has 1 aliphatic rings. The summed E-state index contributed by atoms with van der Waals surface area (Å²) in [6, 6.07) is 0. The van der Waals surface area contributed by atoms with E-state index in [1.54, 1.807) is 28.5 Å². The Balaban J connectivity index is 3.13. The van der Waals surface area contributed by atoms with Gasteiger partial charge in [0.1, 0.15) is 0 Å². The van der Waals surface area contributed by atoms with Crippen LogP contribution in [0, 0.1) is 0 Å². The standard InChI is InChI=1S/C10H16O3Si3/c1-6-14-11-15(7-2,8-3)13-16(9-4,10-5)12-14/h6-10,14H,1-5H2. The van der Waals surface area contributed by atoms with E-state index in [1.807, 2.05) is 0 Å². The van der Waals surface area contributed by atoms with Gasteiger partial charge >= 0.3 is 26.4 Å². The summed E-state index contributed by atoms with van der Waals surface area (Å²) in [5.41, 5.74) is 8.50. The van der Waals surface area contributed by atoms with Crippen LogP contribution in [0.15, 0.2) is 61.4 Å². The van der Waals surface area contributed by atoms with Crippen molar-refractivity contribution in [3.8, 4) is 0 Å². The minimum Gasteiger partial charge on any atom is -0.409 e. The fourth-order valence-electron chi connectivity index (χ4n) is 1.31. The molecule has 0 bridgehead atoms. The topological polar surface area (TPSA) is 27.7 Å². The summed E-state index contributed by atoms with van der Waals surface area (Å²) in [5.74, 6) is 0. The molecule has 0 aromatic carbocycles. The quantitative estimate of drug-likeness (QED) is 0.712. The molecule has 0 amide bonds. The second kappa shape index (κ2) is 5.04. The van der Waals surface area contributed by atoms with Crippen LogP contribution in [0.3, 0.4) is 0 Å². The molecule has 0 atom stereocenters. The average Bonchev–Trinajstić information content (AvgIpc) is 2.37. The van der Waals surface area contributed by atoms with E-state index in [1.165, 1.54) is 0 Å². The predicted molar refractivity (Wildman–Crippen MR) is 72.9 cm³/mol. The minimum absolute atomic E-state index is 1.70. The van der Waals surface area contributed by atoms with E-state index in [0.717, 1.165) is 0 Å². The lowest BCUT2D eigenvalue weighted by atomic mass is 11.2. The zero-order valence-electron chi connectivity index (χ0n) is 9.22. The van der Waals surface area contributed by atoms with Crippen LogP contribution in [0.2, 0.25) is 0 Å². The Bertz CT molecular complexity index is 296. The van der Waals surface area contributed by atoms with Gasteiger partial charge in [-0.3, -0.25) is 0 Å². The van der Waals surface area contributed by atoms with Gasteiger partial charge in [-0.15, -0.1) is 32.9 Å². The summed E-state index contributed by atoms with van der Waals surface area (Å²) in [6.07, 6.45) is 0. The van der Waals surface area contributed by atoms with Crippen LogP contribution in [0.25, 0.3) is 0 Å². The van der Waals surface area contributed by atoms with Gasteiger partial charge in [-0.25, -0.2) is 0 Å². The summed E-state index contributed by atoms with van der Waals surface area (Å²) in [4.78, 5) is 0. The van der Waals surface area contributed by atoms with E-state index in [0.29, 0.717) is 0 Å². The van der Waals surface area contributed by atoms with Gasteiger partial charge in [0, 0.05) is 0 Å². The average molecular weight is 268 g/mol. The molecule has 0 N–H and O–H groups in total. The van der Waals surface area contributed by atoms with E-state index in [-0.39, 0.29) is 0 Å². The van der Waals surface area contributed by atoms with E-state index >= 15 is 0 Å². The second-order valence-electron chi connectivity index (χ2n) is 3.20. The zero-order valence-corrected chi connectivity index (χ0v) is 12.4. The Hall–Kier alpha value is -0.769. The molecule has 1 aliphatic heterocycles. The molecule has 86 valence electrons. The first-order valence-electron chi connectivity index (χ1n) is 4.82. The Morgan fingerprint density at radius 2 is 1.12 bits per heavy atom. The third-order valence-corrected chi connectivity index (χ3v) is 12.3. The highest BCUT2D eigenvalue weighted by molar-refractivity contribution is 6.97. The van der Waals surface area contributed by atoms with Crippen molar-refractivity contribution in [2.24, 2.45) is 0 Å². The van der Waals surface area contributed by atoms with Gasteiger partial charge in [0.2, 0.25) is 0 Å². The van der Waals surface area contributed by atoms with E-state index in [2.05, 4.69) is 32.9 Å². The molecule has 6 heteroatoms. The van der Waals surface area contributed by atoms with Crippen LogP contribution in [-0.4, -0.2) is 26.4 Å². The van der Waals surface area contributed by atoms with Crippen LogP contribution < -0.4 is 0 Å². The lowest BCUT2D eigenvalue weighted by Gasteiger charge is -2.42. The van der Waals surface area contributed by atoms with Crippen molar-refractivity contribution < 1.29 is 12.3 Å². The molecule has 0 aromatic rings. The predicted octanol–water partition coefficient (Wildman–Crippen LogP) is 1.78. The van der Waals surface area contributed by atoms with Gasteiger partial charge in [0.25, 0.3) is 0 Å². The normalized spacial score (nSPS) is 23.0. The monoisotopic (exact) mass is 268 g/mol. The zero-order chi connectivity index (χ0) is 12.2. The molecule has 0 aromatic heterocycles. The first-order valence-corrected chi connectivity index (χ1v) is 10.4.